The molecule has 9 nitrogen and oxygen atoms in total. The molecule has 3 aromatic rings. The normalized spacial score (nSPS) is 18.6. The highest BCUT2D eigenvalue weighted by Gasteiger charge is 2.45. The maximum atomic E-state index is 14.5. The Hall–Kier alpha value is -4.11. The monoisotopic (exact) mass is 579 g/mol. The van der Waals surface area contributed by atoms with Crippen molar-refractivity contribution in [3.05, 3.63) is 76.3 Å². The van der Waals surface area contributed by atoms with Crippen LogP contribution in [0.1, 0.15) is 33.4 Å². The minimum Gasteiger partial charge on any atom is -0.493 e. The molecule has 2 aliphatic rings. The number of piperazine rings is 1. The summed E-state index contributed by atoms with van der Waals surface area (Å²) >= 11 is 6.22. The van der Waals surface area contributed by atoms with Gasteiger partial charge >= 0.3 is 0 Å². The molecule has 0 bridgehead atoms. The van der Waals surface area contributed by atoms with Gasteiger partial charge in [-0.15, -0.1) is 0 Å². The van der Waals surface area contributed by atoms with E-state index in [0.717, 1.165) is 11.3 Å². The number of hydrogen-bond acceptors (Lipinski definition) is 7. The predicted octanol–water partition coefficient (Wildman–Crippen LogP) is 4.63. The molecule has 3 aromatic carbocycles. The summed E-state index contributed by atoms with van der Waals surface area (Å²) in [5, 5.41) is 0.676. The van der Waals surface area contributed by atoms with E-state index >= 15 is 0 Å². The minimum atomic E-state index is -0.691. The zero-order valence-electron chi connectivity index (χ0n) is 23.8. The number of ether oxygens (including phenoxy) is 4. The Labute approximate surface area is 245 Å². The third kappa shape index (κ3) is 5.22. The van der Waals surface area contributed by atoms with Crippen LogP contribution in [0.15, 0.2) is 54.6 Å². The molecule has 0 aromatic heterocycles. The van der Waals surface area contributed by atoms with E-state index in [2.05, 4.69) is 4.90 Å². The Bertz CT molecular complexity index is 1460. The van der Waals surface area contributed by atoms with Gasteiger partial charge in [0, 0.05) is 49.5 Å². The van der Waals surface area contributed by atoms with E-state index in [0.29, 0.717) is 65.3 Å². The van der Waals surface area contributed by atoms with Crippen molar-refractivity contribution in [2.24, 2.45) is 0 Å². The molecule has 0 saturated carbocycles. The highest BCUT2D eigenvalue weighted by atomic mass is 35.5. The third-order valence-corrected chi connectivity index (χ3v) is 8.19. The Morgan fingerprint density at radius 3 is 2.07 bits per heavy atom. The molecular formula is C31H34ClN3O6. The van der Waals surface area contributed by atoms with Gasteiger partial charge in [-0.05, 0) is 53.6 Å². The molecule has 0 spiro atoms. The number of carbonyl (C=O) groups excluding carboxylic acids is 2. The van der Waals surface area contributed by atoms with E-state index in [1.165, 1.54) is 7.11 Å². The summed E-state index contributed by atoms with van der Waals surface area (Å²) in [6.07, 6.45) is 0. The zero-order chi connectivity index (χ0) is 29.3. The van der Waals surface area contributed by atoms with Gasteiger partial charge in [-0.1, -0.05) is 23.7 Å². The largest absolute Gasteiger partial charge is 0.493 e. The SMILES string of the molecule is COc1ccc([C@@H]2[C@@H](C(=O)N3CCN(c4cccc(Cl)c4)CC3)c3cc(OC)c(OC)cc3C(=O)N2C)cc1OC. The molecule has 2 heterocycles. The molecule has 216 valence electrons. The molecule has 0 N–H and O–H groups in total. The zero-order valence-corrected chi connectivity index (χ0v) is 24.6. The Kier molecular flexibility index (Phi) is 8.17. The first-order valence-corrected chi connectivity index (χ1v) is 13.7. The van der Waals surface area contributed by atoms with Crippen molar-refractivity contribution in [2.45, 2.75) is 12.0 Å². The van der Waals surface area contributed by atoms with Gasteiger partial charge in [0.15, 0.2) is 23.0 Å². The number of benzene rings is 3. The number of hydrogen-bond donors (Lipinski definition) is 0. The molecule has 2 aliphatic heterocycles. The van der Waals surface area contributed by atoms with Crippen LogP contribution < -0.4 is 23.8 Å². The van der Waals surface area contributed by atoms with Crippen LogP contribution in [0.25, 0.3) is 0 Å². The fourth-order valence-electron chi connectivity index (χ4n) is 5.82. The second-order valence-electron chi connectivity index (χ2n) is 10.0. The number of fused-ring (bicyclic) bond motifs is 1. The third-order valence-electron chi connectivity index (χ3n) is 7.95. The van der Waals surface area contributed by atoms with Crippen LogP contribution in [0.3, 0.4) is 0 Å². The molecule has 10 heteroatoms. The summed E-state index contributed by atoms with van der Waals surface area (Å²) in [6, 6.07) is 16.1. The second-order valence-corrected chi connectivity index (χ2v) is 10.5. The van der Waals surface area contributed by atoms with E-state index in [1.54, 1.807) is 51.5 Å². The first kappa shape index (κ1) is 28.4. The van der Waals surface area contributed by atoms with E-state index in [1.807, 2.05) is 41.3 Å². The highest BCUT2D eigenvalue weighted by Crippen LogP contribution is 2.47. The number of anilines is 1. The maximum absolute atomic E-state index is 14.5. The molecule has 1 saturated heterocycles. The van der Waals surface area contributed by atoms with Gasteiger partial charge in [-0.25, -0.2) is 0 Å². The van der Waals surface area contributed by atoms with Gasteiger partial charge in [0.05, 0.1) is 40.4 Å². The van der Waals surface area contributed by atoms with Crippen LogP contribution in [0.5, 0.6) is 23.0 Å². The Morgan fingerprint density at radius 1 is 0.805 bits per heavy atom. The molecule has 1 fully saturated rings. The van der Waals surface area contributed by atoms with Crippen molar-refractivity contribution >= 4 is 29.1 Å². The quantitative estimate of drug-likeness (QED) is 0.404. The van der Waals surface area contributed by atoms with E-state index < -0.39 is 12.0 Å². The van der Waals surface area contributed by atoms with E-state index in [4.69, 9.17) is 30.5 Å². The number of rotatable bonds is 7. The van der Waals surface area contributed by atoms with Gasteiger partial charge in [0.25, 0.3) is 5.91 Å². The van der Waals surface area contributed by atoms with E-state index in [-0.39, 0.29) is 11.8 Å². The van der Waals surface area contributed by atoms with Gasteiger partial charge < -0.3 is 33.6 Å². The molecule has 0 unspecified atom stereocenters. The summed E-state index contributed by atoms with van der Waals surface area (Å²) in [5.41, 5.74) is 2.80. The van der Waals surface area contributed by atoms with Crippen molar-refractivity contribution in [1.29, 1.82) is 0 Å². The Morgan fingerprint density at radius 2 is 1.44 bits per heavy atom. The number of halogens is 1. The lowest BCUT2D eigenvalue weighted by molar-refractivity contribution is -0.134. The average molecular weight is 580 g/mol. The van der Waals surface area contributed by atoms with Gasteiger partial charge in [0.2, 0.25) is 5.91 Å². The van der Waals surface area contributed by atoms with Crippen LogP contribution in [-0.2, 0) is 4.79 Å². The number of nitrogens with zero attached hydrogens (tertiary/aromatic N) is 3. The van der Waals surface area contributed by atoms with Crippen LogP contribution in [0, 0.1) is 0 Å². The number of likely N-dealkylation sites (N-methyl/N-ethyl adjacent to an activating group) is 1. The fraction of sp³-hybridized carbons (Fsp3) is 0.355. The van der Waals surface area contributed by atoms with Crippen LogP contribution in [-0.4, -0.2) is 83.3 Å². The molecule has 0 radical (unpaired) electrons. The first-order valence-electron chi connectivity index (χ1n) is 13.4. The minimum absolute atomic E-state index is 0.0663. The summed E-state index contributed by atoms with van der Waals surface area (Å²) in [5.74, 6) is 0.998. The average Bonchev–Trinajstić information content (AvgIpc) is 3.01. The van der Waals surface area contributed by atoms with Crippen molar-refractivity contribution in [3.8, 4) is 23.0 Å². The number of amides is 2. The molecule has 2 atom stereocenters. The number of methoxy groups -OCH3 is 4. The number of carbonyl (C=O) groups is 2. The van der Waals surface area contributed by atoms with Crippen molar-refractivity contribution < 1.29 is 28.5 Å². The van der Waals surface area contributed by atoms with Crippen molar-refractivity contribution in [2.75, 3.05) is 66.6 Å². The van der Waals surface area contributed by atoms with Crippen LogP contribution in [0.2, 0.25) is 5.02 Å². The smallest absolute Gasteiger partial charge is 0.254 e. The van der Waals surface area contributed by atoms with Gasteiger partial charge in [-0.3, -0.25) is 9.59 Å². The summed E-state index contributed by atoms with van der Waals surface area (Å²) in [4.78, 5) is 34.0. The fourth-order valence-corrected chi connectivity index (χ4v) is 6.01. The van der Waals surface area contributed by atoms with Crippen LogP contribution in [0.4, 0.5) is 5.69 Å². The Balaban J connectivity index is 1.56. The van der Waals surface area contributed by atoms with E-state index in [9.17, 15) is 9.59 Å². The molecule has 2 amide bonds. The van der Waals surface area contributed by atoms with Gasteiger partial charge in [-0.2, -0.15) is 0 Å². The van der Waals surface area contributed by atoms with Crippen molar-refractivity contribution in [1.82, 2.24) is 9.80 Å². The molecule has 5 rings (SSSR count). The van der Waals surface area contributed by atoms with Crippen molar-refractivity contribution in [3.63, 3.8) is 0 Å². The van der Waals surface area contributed by atoms with Gasteiger partial charge in [0.1, 0.15) is 0 Å². The topological polar surface area (TPSA) is 80.8 Å². The lowest BCUT2D eigenvalue weighted by atomic mass is 9.78. The standard InChI is InChI=1S/C31H34ClN3O6/c1-33-29(19-9-10-24(38-2)25(15-19)39-3)28(22-17-26(40-4)27(41-5)18-23(22)30(33)36)31(37)35-13-11-34(12-14-35)21-8-6-7-20(32)16-21/h6-10,15-18,28-29H,11-14H2,1-5H3/t28-,29+/m0/s1. The summed E-state index contributed by atoms with van der Waals surface area (Å²) < 4.78 is 22.1. The lowest BCUT2D eigenvalue weighted by Crippen LogP contribution is -2.53. The molecule has 0 aliphatic carbocycles. The molecule has 41 heavy (non-hydrogen) atoms. The summed E-state index contributed by atoms with van der Waals surface area (Å²) in [7, 11) is 7.92. The highest BCUT2D eigenvalue weighted by molar-refractivity contribution is 6.30. The van der Waals surface area contributed by atoms with Crippen LogP contribution >= 0.6 is 11.6 Å². The lowest BCUT2D eigenvalue weighted by Gasteiger charge is -2.43. The second kappa shape index (κ2) is 11.8. The first-order chi connectivity index (χ1) is 19.8. The molecular weight excluding hydrogens is 546 g/mol. The predicted molar refractivity (Wildman–Crippen MR) is 157 cm³/mol. The summed E-state index contributed by atoms with van der Waals surface area (Å²) in [6.45, 7) is 2.38. The maximum Gasteiger partial charge on any atom is 0.254 e.